The van der Waals surface area contributed by atoms with Crippen LogP contribution in [0.4, 0.5) is 11.4 Å². The summed E-state index contributed by atoms with van der Waals surface area (Å²) in [5, 5.41) is 0. The number of anilines is 2. The minimum Gasteiger partial charge on any atom is -0.398 e. The van der Waals surface area contributed by atoms with Crippen LogP contribution < -0.4 is 9.44 Å². The third-order valence-corrected chi connectivity index (χ3v) is 8.40. The minimum atomic E-state index is -4.10. The zero-order valence-electron chi connectivity index (χ0n) is 15.6. The highest BCUT2D eigenvalue weighted by molar-refractivity contribution is 8.09. The minimum absolute atomic E-state index is 0.104. The zero-order chi connectivity index (χ0) is 21.1. The number of nitrogen functional groups attached to an aromatic ring is 1. The molecule has 0 aromatic heterocycles. The van der Waals surface area contributed by atoms with Crippen LogP contribution in [0.3, 0.4) is 0 Å². The number of nitrogens with zero attached hydrogens (tertiary/aromatic N) is 1. The largest absolute Gasteiger partial charge is 0.516 e. The van der Waals surface area contributed by atoms with E-state index in [1.165, 1.54) is 18.2 Å². The molecule has 2 unspecified atom stereocenters. The molecule has 0 aliphatic heterocycles. The second kappa shape index (κ2) is 8.57. The monoisotopic (exact) mass is 445 g/mol. The van der Waals surface area contributed by atoms with Crippen LogP contribution in [-0.2, 0) is 35.7 Å². The summed E-state index contributed by atoms with van der Waals surface area (Å²) < 4.78 is 66.2. The van der Waals surface area contributed by atoms with Crippen molar-refractivity contribution < 1.29 is 25.9 Å². The van der Waals surface area contributed by atoms with Crippen molar-refractivity contribution in [3.63, 3.8) is 0 Å². The Hall–Kier alpha value is -2.00. The summed E-state index contributed by atoms with van der Waals surface area (Å²) in [5.41, 5.74) is 6.61. The number of sulfonamides is 2. The third-order valence-electron chi connectivity index (χ3n) is 3.85. The summed E-state index contributed by atoms with van der Waals surface area (Å²) in [6.07, 6.45) is 1.58. The predicted molar refractivity (Wildman–Crippen MR) is 110 cm³/mol. The predicted octanol–water partition coefficient (Wildman–Crippen LogP) is 3.01. The molecule has 0 bridgehead atoms. The number of hydrogen-bond acceptors (Lipinski definition) is 7. The molecule has 152 valence electrons. The summed E-state index contributed by atoms with van der Waals surface area (Å²) in [5.74, 6) is 0. The summed E-state index contributed by atoms with van der Waals surface area (Å²) in [6, 6.07) is 13.2. The molecule has 0 fully saturated rings. The van der Waals surface area contributed by atoms with Crippen LogP contribution in [0.25, 0.3) is 0 Å². The maximum atomic E-state index is 12.6. The van der Waals surface area contributed by atoms with Gasteiger partial charge in [0.05, 0.1) is 18.2 Å². The van der Waals surface area contributed by atoms with Gasteiger partial charge in [-0.25, -0.2) is 16.8 Å². The first kappa shape index (κ1) is 22.3. The molecule has 2 atom stereocenters. The van der Waals surface area contributed by atoms with Crippen molar-refractivity contribution in [2.45, 2.75) is 19.2 Å². The molecule has 0 radical (unpaired) electrons. The van der Waals surface area contributed by atoms with Gasteiger partial charge < -0.3 is 5.73 Å². The first-order chi connectivity index (χ1) is 12.9. The Labute approximate surface area is 166 Å². The Morgan fingerprint density at radius 1 is 1.04 bits per heavy atom. The lowest BCUT2D eigenvalue weighted by Crippen LogP contribution is -2.35. The molecule has 0 aliphatic carbocycles. The smallest absolute Gasteiger partial charge is 0.398 e. The molecule has 8 nitrogen and oxygen atoms in total. The average Bonchev–Trinajstić information content (AvgIpc) is 2.59. The standard InChI is InChI=1S/C17H22N2O6PS2/c1-13(26(20)25-12-14-7-5-4-6-8-14)16-11-15(9-10-17(16)18)19(27(2,21)22)28(3,23)24/h4-11,13H,12,18H2,1-3H3/q+1. The highest BCUT2D eigenvalue weighted by Gasteiger charge is 2.34. The van der Waals surface area contributed by atoms with E-state index in [-0.39, 0.29) is 18.0 Å². The topological polar surface area (TPSA) is 124 Å². The Balaban J connectivity index is 2.32. The lowest BCUT2D eigenvalue weighted by Gasteiger charge is -2.21. The SMILES string of the molecule is CC(c1cc(N(S(C)(=O)=O)S(C)(=O)=O)ccc1N)[P+](=O)OCc1ccccc1. The van der Waals surface area contributed by atoms with Gasteiger partial charge in [-0.05, 0) is 35.3 Å². The Morgan fingerprint density at radius 3 is 2.14 bits per heavy atom. The van der Waals surface area contributed by atoms with E-state index in [1.807, 2.05) is 30.3 Å². The lowest BCUT2D eigenvalue weighted by molar-refractivity contribution is 0.314. The highest BCUT2D eigenvalue weighted by atomic mass is 32.3. The van der Waals surface area contributed by atoms with Gasteiger partial charge in [0.25, 0.3) is 0 Å². The van der Waals surface area contributed by atoms with E-state index in [9.17, 15) is 21.4 Å². The molecule has 0 amide bonds. The molecule has 0 saturated carbocycles. The molecule has 0 aliphatic rings. The van der Waals surface area contributed by atoms with Gasteiger partial charge in [0, 0.05) is 11.3 Å². The van der Waals surface area contributed by atoms with Crippen LogP contribution in [0.2, 0.25) is 0 Å². The van der Waals surface area contributed by atoms with Crippen LogP contribution in [0.5, 0.6) is 0 Å². The van der Waals surface area contributed by atoms with Crippen molar-refractivity contribution >= 4 is 39.4 Å². The van der Waals surface area contributed by atoms with Crippen molar-refractivity contribution in [1.82, 2.24) is 0 Å². The van der Waals surface area contributed by atoms with Gasteiger partial charge in [-0.3, -0.25) is 0 Å². The van der Waals surface area contributed by atoms with Gasteiger partial charge in [-0.15, -0.1) is 4.52 Å². The van der Waals surface area contributed by atoms with E-state index in [2.05, 4.69) is 0 Å². The number of hydrogen-bond donors (Lipinski definition) is 1. The number of nitrogens with two attached hydrogens (primary N) is 1. The average molecular weight is 445 g/mol. The van der Waals surface area contributed by atoms with Crippen LogP contribution in [0.1, 0.15) is 23.7 Å². The Morgan fingerprint density at radius 2 is 1.61 bits per heavy atom. The van der Waals surface area contributed by atoms with Gasteiger partial charge in [-0.2, -0.15) is 3.71 Å². The van der Waals surface area contributed by atoms with E-state index in [4.69, 9.17) is 10.3 Å². The van der Waals surface area contributed by atoms with Crippen molar-refractivity contribution in [2.24, 2.45) is 0 Å². The fraction of sp³-hybridized carbons (Fsp3) is 0.294. The van der Waals surface area contributed by atoms with Gasteiger partial charge in [0.2, 0.25) is 25.7 Å². The van der Waals surface area contributed by atoms with Gasteiger partial charge in [0.1, 0.15) is 6.61 Å². The Bertz CT molecular complexity index is 1040. The molecule has 0 saturated heterocycles. The van der Waals surface area contributed by atoms with Gasteiger partial charge in [0.15, 0.2) is 0 Å². The summed E-state index contributed by atoms with van der Waals surface area (Å²) >= 11 is 0. The third kappa shape index (κ3) is 5.51. The summed E-state index contributed by atoms with van der Waals surface area (Å²) in [4.78, 5) is 0. The molecule has 0 heterocycles. The van der Waals surface area contributed by atoms with E-state index >= 15 is 0 Å². The molecule has 2 aromatic carbocycles. The molecule has 28 heavy (non-hydrogen) atoms. The Kier molecular flexibility index (Phi) is 6.82. The molecular formula is C17H22N2O6PS2+. The maximum absolute atomic E-state index is 12.6. The van der Waals surface area contributed by atoms with E-state index in [1.54, 1.807) is 6.92 Å². The van der Waals surface area contributed by atoms with Crippen LogP contribution in [0.15, 0.2) is 48.5 Å². The molecule has 2 N–H and O–H groups in total. The van der Waals surface area contributed by atoms with Crippen molar-refractivity contribution in [2.75, 3.05) is 22.0 Å². The van der Waals surface area contributed by atoms with E-state index < -0.39 is 33.7 Å². The highest BCUT2D eigenvalue weighted by Crippen LogP contribution is 2.45. The fourth-order valence-electron chi connectivity index (χ4n) is 2.60. The van der Waals surface area contributed by atoms with Crippen molar-refractivity contribution in [3.8, 4) is 0 Å². The zero-order valence-corrected chi connectivity index (χ0v) is 18.2. The van der Waals surface area contributed by atoms with Crippen molar-refractivity contribution in [1.29, 1.82) is 0 Å². The number of rotatable bonds is 8. The van der Waals surface area contributed by atoms with Gasteiger partial charge in [-0.1, -0.05) is 30.3 Å². The second-order valence-corrected chi connectivity index (χ2v) is 11.8. The van der Waals surface area contributed by atoms with E-state index in [0.717, 1.165) is 18.1 Å². The van der Waals surface area contributed by atoms with Gasteiger partial charge >= 0.3 is 8.03 Å². The van der Waals surface area contributed by atoms with Crippen LogP contribution in [0, 0.1) is 0 Å². The lowest BCUT2D eigenvalue weighted by atomic mass is 10.1. The first-order valence-electron chi connectivity index (χ1n) is 8.14. The molecular weight excluding hydrogens is 423 g/mol. The molecule has 2 aromatic rings. The second-order valence-electron chi connectivity index (χ2n) is 6.26. The number of benzene rings is 2. The fourth-order valence-corrected chi connectivity index (χ4v) is 6.52. The van der Waals surface area contributed by atoms with Crippen LogP contribution in [-0.4, -0.2) is 29.3 Å². The summed E-state index contributed by atoms with van der Waals surface area (Å²) in [7, 11) is -10.4. The quantitative estimate of drug-likeness (QED) is 0.489. The molecule has 11 heteroatoms. The normalized spacial score (nSPS) is 13.8. The molecule has 2 rings (SSSR count). The maximum Gasteiger partial charge on any atom is 0.516 e. The van der Waals surface area contributed by atoms with Crippen molar-refractivity contribution in [3.05, 3.63) is 59.7 Å². The molecule has 0 spiro atoms. The first-order valence-corrected chi connectivity index (χ1v) is 13.1. The summed E-state index contributed by atoms with van der Waals surface area (Å²) in [6.45, 7) is 1.75. The van der Waals surface area contributed by atoms with E-state index in [0.29, 0.717) is 9.27 Å². The van der Waals surface area contributed by atoms with Crippen LogP contribution >= 0.6 is 8.03 Å².